The highest BCUT2D eigenvalue weighted by Gasteiger charge is 1.98. The van der Waals surface area contributed by atoms with Crippen LogP contribution in [0.15, 0.2) is 53.4 Å². The molecule has 0 saturated heterocycles. The first kappa shape index (κ1) is 13.7. The van der Waals surface area contributed by atoms with Crippen molar-refractivity contribution in [3.8, 4) is 11.8 Å². The van der Waals surface area contributed by atoms with E-state index in [2.05, 4.69) is 11.8 Å². The average molecular weight is 271 g/mol. The van der Waals surface area contributed by atoms with Gasteiger partial charge in [-0.25, -0.2) is 4.39 Å². The minimum atomic E-state index is -0.201. The Morgan fingerprint density at radius 2 is 1.95 bits per heavy atom. The van der Waals surface area contributed by atoms with E-state index in [0.717, 1.165) is 21.8 Å². The fourth-order valence-corrected chi connectivity index (χ4v) is 2.50. The van der Waals surface area contributed by atoms with Gasteiger partial charge in [0.05, 0.1) is 6.54 Å². The van der Waals surface area contributed by atoms with Crippen molar-refractivity contribution in [3.63, 3.8) is 0 Å². The fourth-order valence-electron chi connectivity index (χ4n) is 1.62. The van der Waals surface area contributed by atoms with Gasteiger partial charge in [0, 0.05) is 16.2 Å². The molecule has 96 valence electrons. The van der Waals surface area contributed by atoms with E-state index in [4.69, 9.17) is 5.73 Å². The van der Waals surface area contributed by atoms with E-state index in [0.29, 0.717) is 6.54 Å². The van der Waals surface area contributed by atoms with Crippen molar-refractivity contribution < 1.29 is 4.39 Å². The summed E-state index contributed by atoms with van der Waals surface area (Å²) in [5, 5.41) is 0. The molecule has 0 bridgehead atoms. The number of benzene rings is 2. The molecule has 0 fully saturated rings. The molecule has 0 amide bonds. The molecule has 0 aliphatic rings. The van der Waals surface area contributed by atoms with Crippen LogP contribution in [0.25, 0.3) is 0 Å². The molecule has 0 unspecified atom stereocenters. The number of hydrogen-bond acceptors (Lipinski definition) is 2. The topological polar surface area (TPSA) is 26.0 Å². The lowest BCUT2D eigenvalue weighted by molar-refractivity contribution is 0.624. The second-order valence-electron chi connectivity index (χ2n) is 3.95. The Hall–Kier alpha value is -1.76. The maximum atomic E-state index is 13.1. The summed E-state index contributed by atoms with van der Waals surface area (Å²) >= 11 is 1.61. The number of nitrogens with two attached hydrogens (primary N) is 1. The maximum Gasteiger partial charge on any atom is 0.124 e. The van der Waals surface area contributed by atoms with Crippen LogP contribution >= 0.6 is 11.8 Å². The average Bonchev–Trinajstić information content (AvgIpc) is 2.43. The molecule has 0 radical (unpaired) electrons. The van der Waals surface area contributed by atoms with Gasteiger partial charge in [-0.05, 0) is 35.9 Å². The van der Waals surface area contributed by atoms with E-state index in [-0.39, 0.29) is 5.82 Å². The van der Waals surface area contributed by atoms with Gasteiger partial charge in [0.1, 0.15) is 5.82 Å². The molecule has 2 aromatic carbocycles. The summed E-state index contributed by atoms with van der Waals surface area (Å²) in [6.45, 7) is 0.363. The predicted octanol–water partition coefficient (Wildman–Crippen LogP) is 3.43. The van der Waals surface area contributed by atoms with E-state index in [1.165, 1.54) is 6.07 Å². The van der Waals surface area contributed by atoms with Crippen molar-refractivity contribution in [2.24, 2.45) is 5.73 Å². The highest BCUT2D eigenvalue weighted by molar-refractivity contribution is 7.98. The Bertz CT molecular complexity index is 613. The molecule has 19 heavy (non-hydrogen) atoms. The van der Waals surface area contributed by atoms with Gasteiger partial charge >= 0.3 is 0 Å². The molecule has 0 spiro atoms. The summed E-state index contributed by atoms with van der Waals surface area (Å²) in [5.41, 5.74) is 7.48. The molecule has 0 aromatic heterocycles. The first-order valence-electron chi connectivity index (χ1n) is 5.94. The number of thioether (sulfide) groups is 1. The zero-order valence-electron chi connectivity index (χ0n) is 10.4. The number of hydrogen-bond donors (Lipinski definition) is 1. The summed E-state index contributed by atoms with van der Waals surface area (Å²) < 4.78 is 13.1. The summed E-state index contributed by atoms with van der Waals surface area (Å²) in [6.07, 6.45) is 0. The summed E-state index contributed by atoms with van der Waals surface area (Å²) in [4.78, 5) is 0.929. The van der Waals surface area contributed by atoms with Crippen LogP contribution in [0.2, 0.25) is 0 Å². The third-order valence-electron chi connectivity index (χ3n) is 2.46. The number of rotatable bonds is 3. The summed E-state index contributed by atoms with van der Waals surface area (Å²) in [6, 6.07) is 14.6. The Balaban J connectivity index is 2.03. The minimum absolute atomic E-state index is 0.201. The normalized spacial score (nSPS) is 9.79. The van der Waals surface area contributed by atoms with Crippen LogP contribution in [-0.4, -0.2) is 6.54 Å². The number of halogens is 1. The maximum absolute atomic E-state index is 13.1. The molecule has 0 aliphatic carbocycles. The molecule has 1 nitrogen and oxygen atoms in total. The van der Waals surface area contributed by atoms with Crippen molar-refractivity contribution in [1.82, 2.24) is 0 Å². The molecule has 2 aromatic rings. The molecular weight excluding hydrogens is 257 g/mol. The van der Waals surface area contributed by atoms with Crippen LogP contribution in [0.1, 0.15) is 11.1 Å². The van der Waals surface area contributed by atoms with E-state index >= 15 is 0 Å². The van der Waals surface area contributed by atoms with E-state index in [9.17, 15) is 4.39 Å². The van der Waals surface area contributed by atoms with Gasteiger partial charge in [0.2, 0.25) is 0 Å². The fraction of sp³-hybridized carbons (Fsp3) is 0.125. The van der Waals surface area contributed by atoms with Crippen LogP contribution in [0, 0.1) is 17.7 Å². The standard InChI is InChI=1S/C16H14FNS/c17-15-7-2-8-16(11-15)19-12-14-5-1-4-13(10-14)6-3-9-18/h1-2,4-5,7-8,10-11H,9,12,18H2. The third kappa shape index (κ3) is 4.44. The lowest BCUT2D eigenvalue weighted by Crippen LogP contribution is -1.93. The third-order valence-corrected chi connectivity index (χ3v) is 3.53. The quantitative estimate of drug-likeness (QED) is 0.683. The smallest absolute Gasteiger partial charge is 0.124 e. The van der Waals surface area contributed by atoms with Gasteiger partial charge in [-0.2, -0.15) is 0 Å². The van der Waals surface area contributed by atoms with E-state index in [1.54, 1.807) is 23.9 Å². The van der Waals surface area contributed by atoms with Gasteiger partial charge in [-0.1, -0.05) is 30.0 Å². The summed E-state index contributed by atoms with van der Waals surface area (Å²) in [5.74, 6) is 6.43. The van der Waals surface area contributed by atoms with Crippen LogP contribution in [-0.2, 0) is 5.75 Å². The van der Waals surface area contributed by atoms with Gasteiger partial charge in [0.25, 0.3) is 0 Å². The molecule has 0 atom stereocenters. The molecule has 3 heteroatoms. The van der Waals surface area contributed by atoms with Crippen molar-refractivity contribution >= 4 is 11.8 Å². The van der Waals surface area contributed by atoms with Crippen molar-refractivity contribution in [2.45, 2.75) is 10.6 Å². The van der Waals surface area contributed by atoms with E-state index in [1.807, 2.05) is 30.3 Å². The Kier molecular flexibility index (Phi) is 5.02. The SMILES string of the molecule is NCC#Cc1cccc(CSc2cccc(F)c2)c1. The zero-order chi connectivity index (χ0) is 13.5. The van der Waals surface area contributed by atoms with E-state index < -0.39 is 0 Å². The molecule has 2 rings (SSSR count). The molecule has 0 saturated carbocycles. The van der Waals surface area contributed by atoms with Gasteiger partial charge in [-0.3, -0.25) is 0 Å². The van der Waals surface area contributed by atoms with Crippen molar-refractivity contribution in [1.29, 1.82) is 0 Å². The van der Waals surface area contributed by atoms with Crippen LogP contribution in [0.4, 0.5) is 4.39 Å². The second kappa shape index (κ2) is 6.98. The lowest BCUT2D eigenvalue weighted by atomic mass is 10.1. The highest BCUT2D eigenvalue weighted by atomic mass is 32.2. The second-order valence-corrected chi connectivity index (χ2v) is 5.00. The van der Waals surface area contributed by atoms with Crippen LogP contribution in [0.3, 0.4) is 0 Å². The Morgan fingerprint density at radius 1 is 1.11 bits per heavy atom. The molecular formula is C16H14FNS. The largest absolute Gasteiger partial charge is 0.320 e. The van der Waals surface area contributed by atoms with Crippen molar-refractivity contribution in [2.75, 3.05) is 6.54 Å². The Morgan fingerprint density at radius 3 is 2.74 bits per heavy atom. The Labute approximate surface area is 117 Å². The summed E-state index contributed by atoms with van der Waals surface area (Å²) in [7, 11) is 0. The van der Waals surface area contributed by atoms with Crippen LogP contribution in [0.5, 0.6) is 0 Å². The monoisotopic (exact) mass is 271 g/mol. The molecule has 0 heterocycles. The predicted molar refractivity (Wildman–Crippen MR) is 78.3 cm³/mol. The van der Waals surface area contributed by atoms with Gasteiger partial charge in [-0.15, -0.1) is 11.8 Å². The molecule has 0 aliphatic heterocycles. The highest BCUT2D eigenvalue weighted by Crippen LogP contribution is 2.23. The zero-order valence-corrected chi connectivity index (χ0v) is 11.2. The minimum Gasteiger partial charge on any atom is -0.320 e. The van der Waals surface area contributed by atoms with Crippen LogP contribution < -0.4 is 5.73 Å². The van der Waals surface area contributed by atoms with Gasteiger partial charge < -0.3 is 5.73 Å². The first-order chi connectivity index (χ1) is 9.28. The molecule has 2 N–H and O–H groups in total. The first-order valence-corrected chi connectivity index (χ1v) is 6.93. The lowest BCUT2D eigenvalue weighted by Gasteiger charge is -2.03. The van der Waals surface area contributed by atoms with Crippen molar-refractivity contribution in [3.05, 3.63) is 65.5 Å². The van der Waals surface area contributed by atoms with Gasteiger partial charge in [0.15, 0.2) is 0 Å².